The third-order valence-corrected chi connectivity index (χ3v) is 7.10. The first kappa shape index (κ1) is 27.9. The van der Waals surface area contributed by atoms with Crippen LogP contribution in [0, 0.1) is 0 Å². The number of alkyl halides is 7. The van der Waals surface area contributed by atoms with E-state index in [4.69, 9.17) is 0 Å². The summed E-state index contributed by atoms with van der Waals surface area (Å²) in [6, 6.07) is 2.20. The minimum Gasteiger partial charge on any atom is -0.339 e. The van der Waals surface area contributed by atoms with Crippen LogP contribution in [-0.4, -0.2) is 49.0 Å². The number of carbonyl (C=O) groups excluding carboxylic acids is 1. The van der Waals surface area contributed by atoms with Crippen molar-refractivity contribution in [3.8, 4) is 0 Å². The van der Waals surface area contributed by atoms with Crippen molar-refractivity contribution in [2.24, 2.45) is 4.99 Å². The molecule has 3 rings (SSSR count). The fourth-order valence-corrected chi connectivity index (χ4v) is 5.10. The Labute approximate surface area is 205 Å². The quantitative estimate of drug-likeness (QED) is 0.218. The molecule has 10 heteroatoms. The number of likely N-dealkylation sites (tertiary alicyclic amines) is 1. The van der Waals surface area contributed by atoms with Crippen LogP contribution in [0.5, 0.6) is 0 Å². The molecular weight excluding hydrogens is 489 g/mol. The largest absolute Gasteiger partial charge is 0.435 e. The van der Waals surface area contributed by atoms with Crippen molar-refractivity contribution >= 4 is 12.1 Å². The molecule has 1 heterocycles. The molecular formula is C26H29F7N2O. The maximum Gasteiger partial charge on any atom is 0.435 e. The molecule has 0 saturated carbocycles. The summed E-state index contributed by atoms with van der Waals surface area (Å²) in [5.41, 5.74) is -4.32. The van der Waals surface area contributed by atoms with Crippen molar-refractivity contribution < 1.29 is 35.5 Å². The lowest BCUT2D eigenvalue weighted by atomic mass is 9.77. The van der Waals surface area contributed by atoms with E-state index >= 15 is 0 Å². The first-order valence-electron chi connectivity index (χ1n) is 11.8. The van der Waals surface area contributed by atoms with Gasteiger partial charge < -0.3 is 4.90 Å². The van der Waals surface area contributed by atoms with Gasteiger partial charge >= 0.3 is 18.0 Å². The fraction of sp³-hybridized carbons (Fsp3) is 0.538. The van der Waals surface area contributed by atoms with Crippen molar-refractivity contribution in [1.29, 1.82) is 0 Å². The van der Waals surface area contributed by atoms with E-state index in [1.165, 1.54) is 0 Å². The Morgan fingerprint density at radius 3 is 2.39 bits per heavy atom. The number of halogens is 7. The summed E-state index contributed by atoms with van der Waals surface area (Å²) in [5.74, 6) is -0.350. The fourth-order valence-electron chi connectivity index (χ4n) is 5.10. The minimum atomic E-state index is -6.15. The first-order chi connectivity index (χ1) is 16.7. The summed E-state index contributed by atoms with van der Waals surface area (Å²) < 4.78 is 93.7. The molecule has 1 saturated heterocycles. The zero-order valence-electron chi connectivity index (χ0n) is 20.1. The van der Waals surface area contributed by atoms with E-state index in [2.05, 4.69) is 11.6 Å². The lowest BCUT2D eigenvalue weighted by Crippen LogP contribution is -2.50. The van der Waals surface area contributed by atoms with Crippen LogP contribution in [0.4, 0.5) is 30.7 Å². The van der Waals surface area contributed by atoms with Gasteiger partial charge in [-0.2, -0.15) is 26.3 Å². The summed E-state index contributed by atoms with van der Waals surface area (Å²) in [6.07, 6.45) is -6.16. The summed E-state index contributed by atoms with van der Waals surface area (Å²) in [4.78, 5) is 18.9. The summed E-state index contributed by atoms with van der Waals surface area (Å²) >= 11 is 0. The van der Waals surface area contributed by atoms with Crippen LogP contribution in [0.15, 0.2) is 47.0 Å². The Kier molecular flexibility index (Phi) is 8.05. The number of carbonyl (C=O) groups is 1. The Hall–Kier alpha value is -2.65. The zero-order valence-corrected chi connectivity index (χ0v) is 20.1. The minimum absolute atomic E-state index is 0.118. The average Bonchev–Trinajstić information content (AvgIpc) is 3.24. The van der Waals surface area contributed by atoms with Gasteiger partial charge in [0.25, 0.3) is 0 Å². The molecule has 0 bridgehead atoms. The summed E-state index contributed by atoms with van der Waals surface area (Å²) in [5, 5.41) is 0. The number of benzene rings is 1. The maximum atomic E-state index is 14.5. The van der Waals surface area contributed by atoms with Gasteiger partial charge in [-0.25, -0.2) is 4.39 Å². The highest BCUT2D eigenvalue weighted by atomic mass is 19.4. The summed E-state index contributed by atoms with van der Waals surface area (Å²) in [7, 11) is 1.61. The predicted molar refractivity (Wildman–Crippen MR) is 124 cm³/mol. The smallest absolute Gasteiger partial charge is 0.339 e. The van der Waals surface area contributed by atoms with E-state index in [1.807, 2.05) is 13.0 Å². The number of aryl methyl sites for hydroxylation is 1. The van der Waals surface area contributed by atoms with Gasteiger partial charge in [0.05, 0.1) is 6.42 Å². The second kappa shape index (κ2) is 10.4. The third-order valence-electron chi connectivity index (χ3n) is 7.10. The van der Waals surface area contributed by atoms with Gasteiger partial charge in [-0.3, -0.25) is 9.79 Å². The van der Waals surface area contributed by atoms with Crippen LogP contribution >= 0.6 is 0 Å². The van der Waals surface area contributed by atoms with Gasteiger partial charge in [0.1, 0.15) is 0 Å². The molecule has 1 aliphatic carbocycles. The van der Waals surface area contributed by atoms with E-state index < -0.39 is 23.6 Å². The van der Waals surface area contributed by atoms with E-state index in [1.54, 1.807) is 18.2 Å². The highest BCUT2D eigenvalue weighted by molar-refractivity contribution is 5.90. The van der Waals surface area contributed by atoms with Crippen molar-refractivity contribution in [3.63, 3.8) is 0 Å². The van der Waals surface area contributed by atoms with Gasteiger partial charge in [-0.05, 0) is 48.8 Å². The highest BCUT2D eigenvalue weighted by Gasteiger charge is 2.73. The Morgan fingerprint density at radius 1 is 1.14 bits per heavy atom. The average molecular weight is 519 g/mol. The van der Waals surface area contributed by atoms with Gasteiger partial charge in [0, 0.05) is 37.3 Å². The van der Waals surface area contributed by atoms with Crippen LogP contribution in [0.25, 0.3) is 0 Å². The number of hydrogen-bond acceptors (Lipinski definition) is 2. The number of nitrogens with zero attached hydrogens (tertiary/aromatic N) is 2. The molecule has 1 fully saturated rings. The zero-order chi connectivity index (χ0) is 26.9. The molecule has 2 aliphatic rings. The third kappa shape index (κ3) is 5.22. The van der Waals surface area contributed by atoms with Crippen LogP contribution in [0.2, 0.25) is 0 Å². The molecule has 0 unspecified atom stereocenters. The molecule has 198 valence electrons. The summed E-state index contributed by atoms with van der Waals surface area (Å²) in [6.45, 7) is 6.36. The van der Waals surface area contributed by atoms with E-state index in [0.717, 1.165) is 23.6 Å². The second-order valence-corrected chi connectivity index (χ2v) is 9.31. The highest BCUT2D eigenvalue weighted by Crippen LogP contribution is 2.54. The first-order valence-corrected chi connectivity index (χ1v) is 11.8. The van der Waals surface area contributed by atoms with Crippen LogP contribution in [0.1, 0.15) is 61.6 Å². The van der Waals surface area contributed by atoms with Gasteiger partial charge in [-0.1, -0.05) is 43.4 Å². The number of fused-ring (bicyclic) bond motifs is 3. The molecule has 0 aromatic heterocycles. The van der Waals surface area contributed by atoms with Gasteiger partial charge in [0.2, 0.25) is 5.91 Å². The van der Waals surface area contributed by atoms with E-state index in [-0.39, 0.29) is 36.3 Å². The van der Waals surface area contributed by atoms with Gasteiger partial charge in [0.15, 0.2) is 0 Å². The second-order valence-electron chi connectivity index (χ2n) is 9.31. The molecule has 0 radical (unpaired) electrons. The number of amides is 1. The lowest BCUT2D eigenvalue weighted by molar-refractivity contribution is -0.348. The molecule has 2 atom stereocenters. The van der Waals surface area contributed by atoms with Crippen LogP contribution in [-0.2, 0) is 16.9 Å². The molecule has 1 aliphatic heterocycles. The normalized spacial score (nSPS) is 21.0. The SMILES string of the molecule is C=C(CC)C/C=C(\C=NC)CC(=O)N1CC[C@H]2c3ccc(C(F)(C(F)(F)F)C(F)(F)F)cc3CC[C@H]21. The number of rotatable bonds is 7. The molecule has 1 aromatic rings. The molecule has 36 heavy (non-hydrogen) atoms. The van der Waals surface area contributed by atoms with Crippen LogP contribution in [0.3, 0.4) is 0 Å². The standard InChI is InChI=1S/C26H29F7N2O/c1-4-16(2)5-6-17(15-34-3)13-23(36)35-12-11-21-20-9-8-19(14-18(20)7-10-22(21)35)24(27,25(28,29)30)26(31,32)33/h6,8-9,14-15,21-22H,2,4-5,7,10-13H2,1,3H3/b17-6-,34-15?/t21-,22+/m0/s1. The Bertz CT molecular complexity index is 1040. The van der Waals surface area contributed by atoms with Crippen molar-refractivity contribution in [3.05, 3.63) is 58.7 Å². The topological polar surface area (TPSA) is 32.7 Å². The van der Waals surface area contributed by atoms with E-state index in [9.17, 15) is 35.5 Å². The Balaban J connectivity index is 1.82. The van der Waals surface area contributed by atoms with Crippen LogP contribution < -0.4 is 0 Å². The van der Waals surface area contributed by atoms with E-state index in [0.29, 0.717) is 43.5 Å². The molecule has 0 N–H and O–H groups in total. The Morgan fingerprint density at radius 2 is 1.81 bits per heavy atom. The molecule has 0 spiro atoms. The number of allylic oxidation sites excluding steroid dienone is 2. The number of hydrogen-bond donors (Lipinski definition) is 0. The van der Waals surface area contributed by atoms with Crippen molar-refractivity contribution in [2.75, 3.05) is 13.6 Å². The lowest BCUT2D eigenvalue weighted by Gasteiger charge is -2.35. The maximum absolute atomic E-state index is 14.5. The number of aliphatic imine (C=N–C) groups is 1. The monoisotopic (exact) mass is 518 g/mol. The van der Waals surface area contributed by atoms with Crippen molar-refractivity contribution in [2.45, 2.75) is 75.4 Å². The molecule has 1 aromatic carbocycles. The molecule has 3 nitrogen and oxygen atoms in total. The van der Waals surface area contributed by atoms with Gasteiger partial charge in [-0.15, -0.1) is 0 Å². The molecule has 1 amide bonds. The van der Waals surface area contributed by atoms with Crippen molar-refractivity contribution in [1.82, 2.24) is 4.90 Å². The predicted octanol–water partition coefficient (Wildman–Crippen LogP) is 6.98.